The lowest BCUT2D eigenvalue weighted by atomic mass is 9.93. The monoisotopic (exact) mass is 241 g/mol. The maximum Gasteiger partial charge on any atom is 0.121 e. The maximum absolute atomic E-state index is 5.28. The molecule has 0 bridgehead atoms. The van der Waals surface area contributed by atoms with Crippen LogP contribution in [0.4, 0.5) is 0 Å². The van der Waals surface area contributed by atoms with E-state index >= 15 is 0 Å². The summed E-state index contributed by atoms with van der Waals surface area (Å²) < 4.78 is 5.28. The van der Waals surface area contributed by atoms with Crippen LogP contribution < -0.4 is 4.74 Å². The van der Waals surface area contributed by atoms with E-state index in [-0.39, 0.29) is 0 Å². The summed E-state index contributed by atoms with van der Waals surface area (Å²) >= 11 is 0. The fourth-order valence-electron chi connectivity index (χ4n) is 2.62. The summed E-state index contributed by atoms with van der Waals surface area (Å²) in [6.45, 7) is 4.50. The summed E-state index contributed by atoms with van der Waals surface area (Å²) in [7, 11) is 1.70. The quantitative estimate of drug-likeness (QED) is 0.801. The van der Waals surface area contributed by atoms with Crippen molar-refractivity contribution in [2.45, 2.75) is 38.5 Å². The van der Waals surface area contributed by atoms with Crippen molar-refractivity contribution < 1.29 is 4.74 Å². The minimum atomic E-state index is 0.541. The Labute approximate surface area is 108 Å². The summed E-state index contributed by atoms with van der Waals surface area (Å²) in [5.74, 6) is 2.18. The highest BCUT2D eigenvalue weighted by molar-refractivity contribution is 5.85. The molecule has 1 aromatic carbocycles. The number of aromatic nitrogens is 1. The number of nitrogens with zero attached hydrogens (tertiary/aromatic N) is 1. The van der Waals surface area contributed by atoms with Crippen molar-refractivity contribution >= 4 is 10.9 Å². The topological polar surface area (TPSA) is 22.1 Å². The maximum atomic E-state index is 5.28. The van der Waals surface area contributed by atoms with Crippen molar-refractivity contribution in [2.75, 3.05) is 7.11 Å². The van der Waals surface area contributed by atoms with Gasteiger partial charge in [-0.3, -0.25) is 4.98 Å². The van der Waals surface area contributed by atoms with Crippen molar-refractivity contribution in [3.05, 3.63) is 35.5 Å². The van der Waals surface area contributed by atoms with Crippen LogP contribution in [-0.2, 0) is 0 Å². The van der Waals surface area contributed by atoms with E-state index in [9.17, 15) is 0 Å². The van der Waals surface area contributed by atoms with E-state index in [1.54, 1.807) is 7.11 Å². The summed E-state index contributed by atoms with van der Waals surface area (Å²) in [6, 6.07) is 6.24. The zero-order valence-electron chi connectivity index (χ0n) is 11.2. The molecular formula is C16H19NO. The first-order chi connectivity index (χ1) is 8.70. The largest absolute Gasteiger partial charge is 0.497 e. The molecule has 1 saturated carbocycles. The van der Waals surface area contributed by atoms with Crippen LogP contribution in [-0.4, -0.2) is 12.1 Å². The van der Waals surface area contributed by atoms with Crippen LogP contribution in [0.3, 0.4) is 0 Å². The van der Waals surface area contributed by atoms with Crippen LogP contribution in [0.5, 0.6) is 5.75 Å². The first kappa shape index (κ1) is 11.5. The van der Waals surface area contributed by atoms with Gasteiger partial charge in [0.2, 0.25) is 0 Å². The molecular weight excluding hydrogens is 222 g/mol. The molecule has 2 heteroatoms. The van der Waals surface area contributed by atoms with E-state index < -0.39 is 0 Å². The average Bonchev–Trinajstić information content (AvgIpc) is 3.20. The standard InChI is InChI=1S/C16H19NO/c1-10(2)14-9-17-15-8-12(18-3)6-7-13(15)16(14)11-4-5-11/h6-11H,4-5H2,1-3H3. The normalized spacial score (nSPS) is 15.3. The second-order valence-electron chi connectivity index (χ2n) is 5.44. The number of benzene rings is 1. The van der Waals surface area contributed by atoms with Gasteiger partial charge in [-0.25, -0.2) is 0 Å². The van der Waals surface area contributed by atoms with Crippen LogP contribution >= 0.6 is 0 Å². The Hall–Kier alpha value is -1.57. The van der Waals surface area contributed by atoms with Gasteiger partial charge in [0.25, 0.3) is 0 Å². The van der Waals surface area contributed by atoms with E-state index in [4.69, 9.17) is 4.74 Å². The van der Waals surface area contributed by atoms with Crippen molar-refractivity contribution in [3.63, 3.8) is 0 Å². The van der Waals surface area contributed by atoms with Gasteiger partial charge in [-0.15, -0.1) is 0 Å². The van der Waals surface area contributed by atoms with Gasteiger partial charge < -0.3 is 4.74 Å². The highest BCUT2D eigenvalue weighted by Crippen LogP contribution is 2.46. The van der Waals surface area contributed by atoms with Crippen LogP contribution in [0.15, 0.2) is 24.4 Å². The molecule has 0 radical (unpaired) electrons. The van der Waals surface area contributed by atoms with Gasteiger partial charge in [0.05, 0.1) is 12.6 Å². The summed E-state index contributed by atoms with van der Waals surface area (Å²) in [5.41, 5.74) is 3.99. The number of methoxy groups -OCH3 is 1. The molecule has 2 nitrogen and oxygen atoms in total. The van der Waals surface area contributed by atoms with Gasteiger partial charge in [0, 0.05) is 17.6 Å². The smallest absolute Gasteiger partial charge is 0.121 e. The van der Waals surface area contributed by atoms with Gasteiger partial charge in [0.15, 0.2) is 0 Å². The Morgan fingerprint density at radius 1 is 1.28 bits per heavy atom. The van der Waals surface area contributed by atoms with E-state index in [1.807, 2.05) is 12.1 Å². The van der Waals surface area contributed by atoms with Gasteiger partial charge in [0.1, 0.15) is 5.75 Å². The fraction of sp³-hybridized carbons (Fsp3) is 0.438. The Morgan fingerprint density at radius 3 is 2.67 bits per heavy atom. The Bertz CT molecular complexity index is 585. The minimum absolute atomic E-state index is 0.541. The fourth-order valence-corrected chi connectivity index (χ4v) is 2.62. The summed E-state index contributed by atoms with van der Waals surface area (Å²) in [4.78, 5) is 4.60. The van der Waals surface area contributed by atoms with Gasteiger partial charge in [-0.1, -0.05) is 13.8 Å². The third kappa shape index (κ3) is 1.86. The molecule has 0 aliphatic heterocycles. The molecule has 0 saturated heterocycles. The first-order valence-electron chi connectivity index (χ1n) is 6.67. The number of hydrogen-bond donors (Lipinski definition) is 0. The Morgan fingerprint density at radius 2 is 2.06 bits per heavy atom. The van der Waals surface area contributed by atoms with E-state index in [2.05, 4.69) is 31.1 Å². The predicted octanol–water partition coefficient (Wildman–Crippen LogP) is 4.24. The molecule has 1 aromatic heterocycles. The van der Waals surface area contributed by atoms with Gasteiger partial charge in [-0.2, -0.15) is 0 Å². The molecule has 0 spiro atoms. The zero-order chi connectivity index (χ0) is 12.7. The van der Waals surface area contributed by atoms with Crippen LogP contribution in [0, 0.1) is 0 Å². The molecule has 18 heavy (non-hydrogen) atoms. The van der Waals surface area contributed by atoms with E-state index in [0.29, 0.717) is 5.92 Å². The molecule has 1 aliphatic carbocycles. The third-order valence-corrected chi connectivity index (χ3v) is 3.76. The zero-order valence-corrected chi connectivity index (χ0v) is 11.2. The molecule has 1 heterocycles. The molecule has 94 valence electrons. The third-order valence-electron chi connectivity index (χ3n) is 3.76. The number of pyridine rings is 1. The minimum Gasteiger partial charge on any atom is -0.497 e. The van der Waals surface area contributed by atoms with Crippen LogP contribution in [0.2, 0.25) is 0 Å². The Balaban J connectivity index is 2.25. The molecule has 0 N–H and O–H groups in total. The molecule has 1 fully saturated rings. The van der Waals surface area contributed by atoms with E-state index in [1.165, 1.54) is 29.4 Å². The van der Waals surface area contributed by atoms with Gasteiger partial charge >= 0.3 is 0 Å². The lowest BCUT2D eigenvalue weighted by molar-refractivity contribution is 0.415. The van der Waals surface area contributed by atoms with Crippen LogP contribution in [0.1, 0.15) is 49.7 Å². The second-order valence-corrected chi connectivity index (χ2v) is 5.44. The van der Waals surface area contributed by atoms with E-state index in [0.717, 1.165) is 17.2 Å². The Kier molecular flexibility index (Phi) is 2.73. The number of rotatable bonds is 3. The molecule has 1 aliphatic rings. The van der Waals surface area contributed by atoms with Crippen LogP contribution in [0.25, 0.3) is 10.9 Å². The molecule has 0 amide bonds. The summed E-state index contributed by atoms with van der Waals surface area (Å²) in [5, 5.41) is 1.31. The molecule has 2 aromatic rings. The molecule has 0 atom stereocenters. The average molecular weight is 241 g/mol. The lowest BCUT2D eigenvalue weighted by Crippen LogP contribution is -1.98. The van der Waals surface area contributed by atoms with Crippen molar-refractivity contribution in [2.24, 2.45) is 0 Å². The number of ether oxygens (including phenoxy) is 1. The van der Waals surface area contributed by atoms with Gasteiger partial charge in [-0.05, 0) is 47.9 Å². The van der Waals surface area contributed by atoms with Crippen molar-refractivity contribution in [1.29, 1.82) is 0 Å². The summed E-state index contributed by atoms with van der Waals surface area (Å²) in [6.07, 6.45) is 4.70. The number of fused-ring (bicyclic) bond motifs is 1. The number of hydrogen-bond acceptors (Lipinski definition) is 2. The van der Waals surface area contributed by atoms with Crippen molar-refractivity contribution in [1.82, 2.24) is 4.98 Å². The molecule has 0 unspecified atom stereocenters. The molecule has 3 rings (SSSR count). The first-order valence-corrected chi connectivity index (χ1v) is 6.67. The highest BCUT2D eigenvalue weighted by Gasteiger charge is 2.29. The van der Waals surface area contributed by atoms with Crippen molar-refractivity contribution in [3.8, 4) is 5.75 Å². The second kappa shape index (κ2) is 4.27. The SMILES string of the molecule is COc1ccc2c(C3CC3)c(C(C)C)cnc2c1. The predicted molar refractivity (Wildman–Crippen MR) is 74.4 cm³/mol. The highest BCUT2D eigenvalue weighted by atomic mass is 16.5. The lowest BCUT2D eigenvalue weighted by Gasteiger charge is -2.15.